The average molecular weight is 291 g/mol. The third-order valence-electron chi connectivity index (χ3n) is 3.49. The zero-order valence-corrected chi connectivity index (χ0v) is 14.2. The van der Waals surface area contributed by atoms with Crippen LogP contribution in [0.2, 0.25) is 0 Å². The van der Waals surface area contributed by atoms with Crippen LogP contribution in [0, 0.1) is 12.8 Å². The molecular weight excluding hydrogens is 262 g/mol. The summed E-state index contributed by atoms with van der Waals surface area (Å²) in [7, 11) is 4.04. The molecule has 0 heterocycles. The van der Waals surface area contributed by atoms with E-state index in [1.165, 1.54) is 5.56 Å². The second-order valence-electron chi connectivity index (χ2n) is 6.24. The SMILES string of the molecule is Cc1ccc(NC(C)C(=O)NCCC(C)C)cc1N(C)C. The van der Waals surface area contributed by atoms with E-state index in [1.54, 1.807) is 0 Å². The fraction of sp³-hybridized carbons (Fsp3) is 0.588. The van der Waals surface area contributed by atoms with Crippen molar-refractivity contribution >= 4 is 17.3 Å². The third-order valence-corrected chi connectivity index (χ3v) is 3.49. The molecule has 0 aliphatic carbocycles. The maximum atomic E-state index is 12.0. The number of nitrogens with zero attached hydrogens (tertiary/aromatic N) is 1. The van der Waals surface area contributed by atoms with Crippen molar-refractivity contribution in [2.75, 3.05) is 30.9 Å². The van der Waals surface area contributed by atoms with Gasteiger partial charge in [-0.1, -0.05) is 19.9 Å². The van der Waals surface area contributed by atoms with Crippen molar-refractivity contribution in [1.29, 1.82) is 0 Å². The van der Waals surface area contributed by atoms with Gasteiger partial charge in [0.25, 0.3) is 0 Å². The molecule has 0 aliphatic heterocycles. The van der Waals surface area contributed by atoms with Crippen molar-refractivity contribution in [3.63, 3.8) is 0 Å². The molecule has 4 heteroatoms. The molecule has 0 saturated carbocycles. The summed E-state index contributed by atoms with van der Waals surface area (Å²) in [6.07, 6.45) is 1.01. The van der Waals surface area contributed by atoms with Gasteiger partial charge in [-0.25, -0.2) is 0 Å². The maximum absolute atomic E-state index is 12.0. The first-order chi connectivity index (χ1) is 9.81. The Morgan fingerprint density at radius 1 is 1.24 bits per heavy atom. The summed E-state index contributed by atoms with van der Waals surface area (Å²) in [5.74, 6) is 0.649. The zero-order chi connectivity index (χ0) is 16.0. The molecule has 4 nitrogen and oxygen atoms in total. The van der Waals surface area contributed by atoms with Crippen molar-refractivity contribution in [2.24, 2.45) is 5.92 Å². The highest BCUT2D eigenvalue weighted by atomic mass is 16.2. The lowest BCUT2D eigenvalue weighted by molar-refractivity contribution is -0.121. The lowest BCUT2D eigenvalue weighted by Gasteiger charge is -2.20. The van der Waals surface area contributed by atoms with Gasteiger partial charge in [0.1, 0.15) is 6.04 Å². The Balaban J connectivity index is 2.60. The van der Waals surface area contributed by atoms with Crippen molar-refractivity contribution < 1.29 is 4.79 Å². The Bertz CT molecular complexity index is 469. The Kier molecular flexibility index (Phi) is 6.53. The van der Waals surface area contributed by atoms with Gasteiger partial charge in [0, 0.05) is 32.0 Å². The monoisotopic (exact) mass is 291 g/mol. The molecule has 0 aliphatic rings. The van der Waals surface area contributed by atoms with E-state index in [0.717, 1.165) is 24.3 Å². The van der Waals surface area contributed by atoms with Gasteiger partial charge in [-0.3, -0.25) is 4.79 Å². The first-order valence-corrected chi connectivity index (χ1v) is 7.63. The maximum Gasteiger partial charge on any atom is 0.242 e. The van der Waals surface area contributed by atoms with Gasteiger partial charge >= 0.3 is 0 Å². The van der Waals surface area contributed by atoms with E-state index in [1.807, 2.05) is 27.1 Å². The Morgan fingerprint density at radius 3 is 2.48 bits per heavy atom. The molecule has 1 aromatic rings. The molecule has 1 aromatic carbocycles. The number of nitrogens with one attached hydrogen (secondary N) is 2. The summed E-state index contributed by atoms with van der Waals surface area (Å²) in [4.78, 5) is 14.1. The minimum atomic E-state index is -0.241. The van der Waals surface area contributed by atoms with Gasteiger partial charge in [0.15, 0.2) is 0 Å². The van der Waals surface area contributed by atoms with Crippen molar-refractivity contribution in [1.82, 2.24) is 5.32 Å². The molecule has 0 radical (unpaired) electrons. The summed E-state index contributed by atoms with van der Waals surface area (Å²) in [6, 6.07) is 5.92. The molecule has 0 fully saturated rings. The van der Waals surface area contributed by atoms with Crippen LogP contribution in [0.25, 0.3) is 0 Å². The Labute approximate surface area is 128 Å². The fourth-order valence-electron chi connectivity index (χ4n) is 2.13. The molecule has 0 spiro atoms. The zero-order valence-electron chi connectivity index (χ0n) is 14.2. The minimum Gasteiger partial charge on any atom is -0.377 e. The summed E-state index contributed by atoms with van der Waals surface area (Å²) in [5.41, 5.74) is 3.35. The summed E-state index contributed by atoms with van der Waals surface area (Å²) < 4.78 is 0. The molecule has 1 unspecified atom stereocenters. The van der Waals surface area contributed by atoms with Crippen molar-refractivity contribution in [2.45, 2.75) is 40.2 Å². The van der Waals surface area contributed by atoms with Crippen molar-refractivity contribution in [3.8, 4) is 0 Å². The molecule has 1 atom stereocenters. The molecule has 0 aromatic heterocycles. The smallest absolute Gasteiger partial charge is 0.242 e. The van der Waals surface area contributed by atoms with Crippen molar-refractivity contribution in [3.05, 3.63) is 23.8 Å². The van der Waals surface area contributed by atoms with Crippen LogP contribution < -0.4 is 15.5 Å². The molecule has 1 rings (SSSR count). The fourth-order valence-corrected chi connectivity index (χ4v) is 2.13. The standard InChI is InChI=1S/C17H29N3O/c1-12(2)9-10-18-17(21)14(4)19-15-8-7-13(3)16(11-15)20(5)6/h7-8,11-12,14,19H,9-10H2,1-6H3,(H,18,21). The number of anilines is 2. The van der Waals surface area contributed by atoms with Crippen LogP contribution in [-0.4, -0.2) is 32.6 Å². The highest BCUT2D eigenvalue weighted by Gasteiger charge is 2.13. The van der Waals surface area contributed by atoms with Gasteiger partial charge in [0.2, 0.25) is 5.91 Å². The number of carbonyl (C=O) groups excluding carboxylic acids is 1. The number of hydrogen-bond acceptors (Lipinski definition) is 3. The van der Waals surface area contributed by atoms with Gasteiger partial charge in [0.05, 0.1) is 0 Å². The quantitative estimate of drug-likeness (QED) is 0.811. The molecule has 21 heavy (non-hydrogen) atoms. The van der Waals surface area contributed by atoms with Crippen LogP contribution in [0.5, 0.6) is 0 Å². The number of hydrogen-bond donors (Lipinski definition) is 2. The van der Waals surface area contributed by atoms with Gasteiger partial charge in [-0.15, -0.1) is 0 Å². The molecule has 1 amide bonds. The van der Waals surface area contributed by atoms with E-state index in [-0.39, 0.29) is 11.9 Å². The van der Waals surface area contributed by atoms with Crippen LogP contribution in [0.3, 0.4) is 0 Å². The second-order valence-corrected chi connectivity index (χ2v) is 6.24. The summed E-state index contributed by atoms with van der Waals surface area (Å²) in [5, 5.41) is 6.23. The third kappa shape index (κ3) is 5.66. The Morgan fingerprint density at radius 2 is 1.90 bits per heavy atom. The highest BCUT2D eigenvalue weighted by Crippen LogP contribution is 2.22. The van der Waals surface area contributed by atoms with E-state index in [9.17, 15) is 4.79 Å². The van der Waals surface area contributed by atoms with Crippen LogP contribution in [0.1, 0.15) is 32.8 Å². The number of rotatable bonds is 7. The highest BCUT2D eigenvalue weighted by molar-refractivity contribution is 5.84. The predicted octanol–water partition coefficient (Wildman–Crippen LogP) is 3.02. The number of amides is 1. The lowest BCUT2D eigenvalue weighted by atomic mass is 10.1. The normalized spacial score (nSPS) is 12.1. The van der Waals surface area contributed by atoms with Gasteiger partial charge in [-0.05, 0) is 43.9 Å². The van der Waals surface area contributed by atoms with Gasteiger partial charge < -0.3 is 15.5 Å². The largest absolute Gasteiger partial charge is 0.377 e. The molecule has 0 bridgehead atoms. The number of carbonyl (C=O) groups is 1. The van der Waals surface area contributed by atoms with E-state index in [4.69, 9.17) is 0 Å². The molecular formula is C17H29N3O. The first kappa shape index (κ1) is 17.3. The number of benzene rings is 1. The van der Waals surface area contributed by atoms with E-state index < -0.39 is 0 Å². The average Bonchev–Trinajstić information content (AvgIpc) is 2.40. The van der Waals surface area contributed by atoms with Crippen LogP contribution >= 0.6 is 0 Å². The second kappa shape index (κ2) is 7.91. The van der Waals surface area contributed by atoms with E-state index in [0.29, 0.717) is 5.92 Å². The van der Waals surface area contributed by atoms with Crippen LogP contribution in [0.4, 0.5) is 11.4 Å². The molecule has 118 valence electrons. The predicted molar refractivity (Wildman–Crippen MR) is 91.1 cm³/mol. The molecule has 0 saturated heterocycles. The topological polar surface area (TPSA) is 44.4 Å². The van der Waals surface area contributed by atoms with E-state index in [2.05, 4.69) is 48.4 Å². The van der Waals surface area contributed by atoms with Crippen LogP contribution in [-0.2, 0) is 4.79 Å². The summed E-state index contributed by atoms with van der Waals surface area (Å²) in [6.45, 7) is 9.02. The first-order valence-electron chi connectivity index (χ1n) is 7.63. The number of aryl methyl sites for hydroxylation is 1. The van der Waals surface area contributed by atoms with Crippen LogP contribution in [0.15, 0.2) is 18.2 Å². The van der Waals surface area contributed by atoms with Gasteiger partial charge in [-0.2, -0.15) is 0 Å². The van der Waals surface area contributed by atoms with E-state index >= 15 is 0 Å². The summed E-state index contributed by atoms with van der Waals surface area (Å²) >= 11 is 0. The minimum absolute atomic E-state index is 0.0441. The molecule has 2 N–H and O–H groups in total. The lowest BCUT2D eigenvalue weighted by Crippen LogP contribution is -2.38. The Hall–Kier alpha value is -1.71.